The Kier molecular flexibility index (Phi) is 6.52. The molecule has 5 rings (SSSR count). The molecule has 0 aliphatic carbocycles. The number of hydrogen-bond donors (Lipinski definition) is 2. The van der Waals surface area contributed by atoms with Crippen LogP contribution in [0.25, 0.3) is 10.9 Å². The van der Waals surface area contributed by atoms with Gasteiger partial charge in [0, 0.05) is 29.6 Å². The molecule has 2 aromatic heterocycles. The summed E-state index contributed by atoms with van der Waals surface area (Å²) < 4.78 is 31.3. The largest absolute Gasteiger partial charge is 0.505 e. The van der Waals surface area contributed by atoms with Gasteiger partial charge in [-0.1, -0.05) is 11.8 Å². The third-order valence-corrected chi connectivity index (χ3v) is 7.12. The van der Waals surface area contributed by atoms with Crippen LogP contribution < -0.4 is 14.8 Å². The Hall–Kier alpha value is -2.62. The number of aryl methyl sites for hydroxylation is 1. The second-order valence-electron chi connectivity index (χ2n) is 8.25. The van der Waals surface area contributed by atoms with Crippen LogP contribution in [-0.2, 0) is 17.7 Å². The SMILES string of the molecule is COc1ccc2ccc(F)c(CC[C@H]3CC[C@@H](NCc4ncc5c(c4O)SCO5)CO3)c2n1. The van der Waals surface area contributed by atoms with E-state index < -0.39 is 0 Å². The van der Waals surface area contributed by atoms with Crippen LogP contribution in [0.1, 0.15) is 30.5 Å². The predicted octanol–water partition coefficient (Wildman–Crippen LogP) is 4.20. The summed E-state index contributed by atoms with van der Waals surface area (Å²) >= 11 is 1.47. The summed E-state index contributed by atoms with van der Waals surface area (Å²) in [6.45, 7) is 1.03. The van der Waals surface area contributed by atoms with Crippen molar-refractivity contribution >= 4 is 22.7 Å². The molecule has 3 aromatic rings. The minimum absolute atomic E-state index is 0.0726. The van der Waals surface area contributed by atoms with Crippen LogP contribution in [0.3, 0.4) is 0 Å². The van der Waals surface area contributed by atoms with Crippen molar-refractivity contribution in [1.29, 1.82) is 0 Å². The lowest BCUT2D eigenvalue weighted by Crippen LogP contribution is -2.39. The van der Waals surface area contributed by atoms with E-state index in [1.54, 1.807) is 25.4 Å². The first-order chi connectivity index (χ1) is 16.1. The molecule has 0 spiro atoms. The molecule has 0 radical (unpaired) electrons. The number of aromatic hydroxyl groups is 1. The highest BCUT2D eigenvalue weighted by Gasteiger charge is 2.24. The van der Waals surface area contributed by atoms with E-state index in [2.05, 4.69) is 15.3 Å². The van der Waals surface area contributed by atoms with E-state index in [1.807, 2.05) is 6.07 Å². The molecular weight excluding hydrogens is 445 g/mol. The van der Waals surface area contributed by atoms with E-state index in [1.165, 1.54) is 17.8 Å². The highest BCUT2D eigenvalue weighted by atomic mass is 32.2. The molecular formula is C24H26FN3O4S. The third-order valence-electron chi connectivity index (χ3n) is 6.21. The smallest absolute Gasteiger partial charge is 0.213 e. The van der Waals surface area contributed by atoms with Gasteiger partial charge < -0.3 is 24.6 Å². The number of benzene rings is 1. The van der Waals surface area contributed by atoms with E-state index in [0.29, 0.717) is 53.9 Å². The Morgan fingerprint density at radius 3 is 2.97 bits per heavy atom. The summed E-state index contributed by atoms with van der Waals surface area (Å²) in [7, 11) is 1.56. The molecule has 2 N–H and O–H groups in total. The van der Waals surface area contributed by atoms with Gasteiger partial charge in [0.25, 0.3) is 0 Å². The van der Waals surface area contributed by atoms with Gasteiger partial charge in [-0.3, -0.25) is 4.98 Å². The van der Waals surface area contributed by atoms with E-state index in [9.17, 15) is 9.50 Å². The summed E-state index contributed by atoms with van der Waals surface area (Å²) in [5.74, 6) is 1.57. The Balaban J connectivity index is 1.15. The van der Waals surface area contributed by atoms with Gasteiger partial charge in [-0.15, -0.1) is 0 Å². The molecule has 9 heteroatoms. The van der Waals surface area contributed by atoms with Crippen molar-refractivity contribution in [3.63, 3.8) is 0 Å². The number of rotatable bonds is 7. The van der Waals surface area contributed by atoms with E-state index in [4.69, 9.17) is 14.2 Å². The molecule has 2 atom stereocenters. The average molecular weight is 472 g/mol. The maximum absolute atomic E-state index is 14.6. The first-order valence-electron chi connectivity index (χ1n) is 11.1. The number of hydrogen-bond acceptors (Lipinski definition) is 8. The normalized spacial score (nSPS) is 19.9. The van der Waals surface area contributed by atoms with Gasteiger partial charge in [0.2, 0.25) is 5.88 Å². The molecule has 0 unspecified atom stereocenters. The van der Waals surface area contributed by atoms with Crippen molar-refractivity contribution in [3.05, 3.63) is 47.5 Å². The van der Waals surface area contributed by atoms with Gasteiger partial charge in [0.15, 0.2) is 11.5 Å². The van der Waals surface area contributed by atoms with Crippen LogP contribution in [-0.4, -0.2) is 46.9 Å². The molecule has 0 amide bonds. The maximum Gasteiger partial charge on any atom is 0.213 e. The number of nitrogens with one attached hydrogen (secondary N) is 1. The monoisotopic (exact) mass is 471 g/mol. The number of halogens is 1. The van der Waals surface area contributed by atoms with E-state index in [0.717, 1.165) is 29.5 Å². The third kappa shape index (κ3) is 4.71. The van der Waals surface area contributed by atoms with Crippen LogP contribution in [0.4, 0.5) is 4.39 Å². The fraction of sp³-hybridized carbons (Fsp3) is 0.417. The molecule has 2 aliphatic rings. The number of nitrogens with zero attached hydrogens (tertiary/aromatic N) is 2. The highest BCUT2D eigenvalue weighted by molar-refractivity contribution is 7.99. The van der Waals surface area contributed by atoms with Crippen LogP contribution in [0.5, 0.6) is 17.4 Å². The molecule has 4 heterocycles. The molecule has 0 saturated carbocycles. The summed E-state index contributed by atoms with van der Waals surface area (Å²) in [4.78, 5) is 9.54. The van der Waals surface area contributed by atoms with Crippen molar-refractivity contribution in [2.24, 2.45) is 0 Å². The highest BCUT2D eigenvalue weighted by Crippen LogP contribution is 2.43. The topological polar surface area (TPSA) is 85.7 Å². The second kappa shape index (κ2) is 9.70. The summed E-state index contributed by atoms with van der Waals surface area (Å²) in [6.07, 6.45) is 4.84. The van der Waals surface area contributed by atoms with Crippen molar-refractivity contribution < 1.29 is 23.7 Å². The van der Waals surface area contributed by atoms with Crippen LogP contribution in [0, 0.1) is 5.82 Å². The lowest BCUT2D eigenvalue weighted by molar-refractivity contribution is -0.00713. The fourth-order valence-electron chi connectivity index (χ4n) is 4.32. The molecule has 2 aliphatic heterocycles. The van der Waals surface area contributed by atoms with Gasteiger partial charge in [-0.25, -0.2) is 9.37 Å². The van der Waals surface area contributed by atoms with Gasteiger partial charge in [0.1, 0.15) is 11.8 Å². The Morgan fingerprint density at radius 1 is 1.27 bits per heavy atom. The van der Waals surface area contributed by atoms with Crippen molar-refractivity contribution in [2.45, 2.75) is 49.3 Å². The fourth-order valence-corrected chi connectivity index (χ4v) is 5.14. The van der Waals surface area contributed by atoms with Gasteiger partial charge in [0.05, 0.1) is 42.1 Å². The second-order valence-corrected chi connectivity index (χ2v) is 9.19. The maximum atomic E-state index is 14.6. The minimum atomic E-state index is -0.246. The van der Waals surface area contributed by atoms with Crippen molar-refractivity contribution in [2.75, 3.05) is 19.7 Å². The zero-order chi connectivity index (χ0) is 22.8. The lowest BCUT2D eigenvalue weighted by Gasteiger charge is -2.30. The first-order valence-corrected chi connectivity index (χ1v) is 12.0. The van der Waals surface area contributed by atoms with Gasteiger partial charge >= 0.3 is 0 Å². The van der Waals surface area contributed by atoms with Gasteiger partial charge in [-0.05, 0) is 43.9 Å². The zero-order valence-electron chi connectivity index (χ0n) is 18.3. The number of aromatic nitrogens is 2. The summed E-state index contributed by atoms with van der Waals surface area (Å²) in [5.41, 5.74) is 1.87. The van der Waals surface area contributed by atoms with E-state index >= 15 is 0 Å². The molecule has 0 bridgehead atoms. The lowest BCUT2D eigenvalue weighted by atomic mass is 9.97. The van der Waals surface area contributed by atoms with Crippen LogP contribution in [0.15, 0.2) is 35.4 Å². The van der Waals surface area contributed by atoms with Crippen molar-refractivity contribution in [1.82, 2.24) is 15.3 Å². The first kappa shape index (κ1) is 22.2. The molecule has 7 nitrogen and oxygen atoms in total. The molecule has 174 valence electrons. The number of ether oxygens (including phenoxy) is 3. The van der Waals surface area contributed by atoms with Crippen molar-refractivity contribution in [3.8, 4) is 17.4 Å². The standard InChI is InChI=1S/C24H26FN3O4S/c1-30-21-9-3-14-2-8-18(25)17(22(14)28-21)7-6-16-5-4-15(12-31-16)26-10-19-23(29)24-20(11-27-19)32-13-33-24/h2-3,8-9,11,15-16,26,29H,4-7,10,12-13H2,1H3/t15-,16-/m1/s1. The minimum Gasteiger partial charge on any atom is -0.505 e. The zero-order valence-corrected chi connectivity index (χ0v) is 19.2. The average Bonchev–Trinajstić information content (AvgIpc) is 3.33. The number of fused-ring (bicyclic) bond motifs is 2. The van der Waals surface area contributed by atoms with Gasteiger partial charge in [-0.2, -0.15) is 0 Å². The number of methoxy groups -OCH3 is 1. The Bertz CT molecular complexity index is 1150. The number of pyridine rings is 2. The Labute approximate surface area is 195 Å². The molecule has 33 heavy (non-hydrogen) atoms. The predicted molar refractivity (Wildman–Crippen MR) is 123 cm³/mol. The summed E-state index contributed by atoms with van der Waals surface area (Å²) in [6, 6.07) is 7.11. The Morgan fingerprint density at radius 2 is 2.15 bits per heavy atom. The summed E-state index contributed by atoms with van der Waals surface area (Å²) in [5, 5.41) is 14.7. The molecule has 1 saturated heterocycles. The molecule has 1 fully saturated rings. The van der Waals surface area contributed by atoms with Crippen LogP contribution in [0.2, 0.25) is 0 Å². The van der Waals surface area contributed by atoms with E-state index in [-0.39, 0.29) is 23.7 Å². The quantitative estimate of drug-likeness (QED) is 0.531. The molecule has 1 aromatic carbocycles. The van der Waals surface area contributed by atoms with Crippen LogP contribution >= 0.6 is 11.8 Å². The number of thioether (sulfide) groups is 1.